The van der Waals surface area contributed by atoms with Gasteiger partial charge in [0.25, 0.3) is 0 Å². The van der Waals surface area contributed by atoms with Crippen molar-refractivity contribution in [1.29, 1.82) is 0 Å². The van der Waals surface area contributed by atoms with Gasteiger partial charge in [-0.05, 0) is 30.3 Å². The van der Waals surface area contributed by atoms with E-state index in [0.717, 1.165) is 33.9 Å². The largest absolute Gasteiger partial charge is 0.496 e. The number of aldehydes is 1. The number of aromatic amines is 1. The standard InChI is InChI=1S/C17H15NO2S/c1-20-16-7-6-12(10-19)8-14(16)11-21-17-9-13-4-2-3-5-15(13)18-17/h2-10,18H,11H2,1H3. The number of hydrogen-bond donors (Lipinski definition) is 1. The van der Waals surface area contributed by atoms with Crippen LogP contribution in [0, 0.1) is 0 Å². The minimum Gasteiger partial charge on any atom is -0.496 e. The lowest BCUT2D eigenvalue weighted by Gasteiger charge is -2.08. The van der Waals surface area contributed by atoms with Crippen molar-refractivity contribution in [1.82, 2.24) is 4.98 Å². The molecule has 3 nitrogen and oxygen atoms in total. The smallest absolute Gasteiger partial charge is 0.150 e. The van der Waals surface area contributed by atoms with Crippen molar-refractivity contribution in [3.63, 3.8) is 0 Å². The highest BCUT2D eigenvalue weighted by Gasteiger charge is 2.07. The third kappa shape index (κ3) is 2.95. The molecule has 0 aliphatic carbocycles. The minimum absolute atomic E-state index is 0.669. The van der Waals surface area contributed by atoms with Crippen molar-refractivity contribution in [2.24, 2.45) is 0 Å². The molecule has 0 saturated heterocycles. The van der Waals surface area contributed by atoms with Crippen LogP contribution in [0.15, 0.2) is 53.6 Å². The Labute approximate surface area is 127 Å². The van der Waals surface area contributed by atoms with Crippen molar-refractivity contribution in [2.45, 2.75) is 10.8 Å². The molecule has 106 valence electrons. The lowest BCUT2D eigenvalue weighted by atomic mass is 10.1. The van der Waals surface area contributed by atoms with Crippen molar-refractivity contribution < 1.29 is 9.53 Å². The molecule has 1 aromatic heterocycles. The second kappa shape index (κ2) is 6.06. The van der Waals surface area contributed by atoms with Crippen LogP contribution >= 0.6 is 11.8 Å². The molecule has 0 bridgehead atoms. The number of H-pyrrole nitrogens is 1. The molecule has 0 radical (unpaired) electrons. The second-order valence-electron chi connectivity index (χ2n) is 4.70. The normalized spacial score (nSPS) is 10.7. The van der Waals surface area contributed by atoms with Crippen LogP contribution in [-0.4, -0.2) is 18.4 Å². The summed E-state index contributed by atoms with van der Waals surface area (Å²) in [6.07, 6.45) is 0.858. The highest BCUT2D eigenvalue weighted by atomic mass is 32.2. The monoisotopic (exact) mass is 297 g/mol. The van der Waals surface area contributed by atoms with Crippen LogP contribution in [0.4, 0.5) is 0 Å². The van der Waals surface area contributed by atoms with E-state index in [4.69, 9.17) is 4.74 Å². The van der Waals surface area contributed by atoms with E-state index >= 15 is 0 Å². The quantitative estimate of drug-likeness (QED) is 0.564. The molecule has 3 rings (SSSR count). The molecule has 0 atom stereocenters. The maximum absolute atomic E-state index is 10.9. The fourth-order valence-corrected chi connectivity index (χ4v) is 3.19. The van der Waals surface area contributed by atoms with E-state index in [1.54, 1.807) is 24.9 Å². The minimum atomic E-state index is 0.669. The Morgan fingerprint density at radius 2 is 2.05 bits per heavy atom. The van der Waals surface area contributed by atoms with E-state index < -0.39 is 0 Å². The maximum Gasteiger partial charge on any atom is 0.150 e. The van der Waals surface area contributed by atoms with Crippen LogP contribution in [-0.2, 0) is 5.75 Å². The lowest BCUT2D eigenvalue weighted by molar-refractivity contribution is 0.112. The van der Waals surface area contributed by atoms with Gasteiger partial charge in [0, 0.05) is 27.8 Å². The number of benzene rings is 2. The maximum atomic E-state index is 10.9. The molecule has 4 heteroatoms. The van der Waals surface area contributed by atoms with Crippen LogP contribution in [0.2, 0.25) is 0 Å². The van der Waals surface area contributed by atoms with Crippen LogP contribution in [0.5, 0.6) is 5.75 Å². The molecule has 21 heavy (non-hydrogen) atoms. The van der Waals surface area contributed by atoms with Gasteiger partial charge < -0.3 is 9.72 Å². The number of hydrogen-bond acceptors (Lipinski definition) is 3. The summed E-state index contributed by atoms with van der Waals surface area (Å²) in [7, 11) is 1.65. The molecule has 0 aliphatic rings. The summed E-state index contributed by atoms with van der Waals surface area (Å²) in [6.45, 7) is 0. The average Bonchev–Trinajstić information content (AvgIpc) is 2.95. The number of carbonyl (C=O) groups excluding carboxylic acids is 1. The van der Waals surface area contributed by atoms with Gasteiger partial charge in [-0.15, -0.1) is 11.8 Å². The van der Waals surface area contributed by atoms with Crippen molar-refractivity contribution in [3.05, 3.63) is 59.7 Å². The Bertz CT molecular complexity index is 746. The van der Waals surface area contributed by atoms with Crippen LogP contribution in [0.3, 0.4) is 0 Å². The number of methoxy groups -OCH3 is 1. The Morgan fingerprint density at radius 3 is 2.81 bits per heavy atom. The SMILES string of the molecule is COc1ccc(C=O)cc1CSc1cc2ccccc2[nH]1. The Morgan fingerprint density at radius 1 is 1.19 bits per heavy atom. The molecule has 1 heterocycles. The van der Waals surface area contributed by atoms with E-state index in [9.17, 15) is 4.79 Å². The van der Waals surface area contributed by atoms with E-state index in [1.807, 2.05) is 24.3 Å². The zero-order chi connectivity index (χ0) is 14.7. The molecule has 0 spiro atoms. The Kier molecular flexibility index (Phi) is 3.97. The van der Waals surface area contributed by atoms with E-state index in [-0.39, 0.29) is 0 Å². The van der Waals surface area contributed by atoms with E-state index in [2.05, 4.69) is 23.2 Å². The summed E-state index contributed by atoms with van der Waals surface area (Å²) in [4.78, 5) is 14.3. The fraction of sp³-hybridized carbons (Fsp3) is 0.118. The first kappa shape index (κ1) is 13.8. The topological polar surface area (TPSA) is 42.1 Å². The molecule has 0 aliphatic heterocycles. The molecule has 0 fully saturated rings. The zero-order valence-electron chi connectivity index (χ0n) is 11.6. The van der Waals surface area contributed by atoms with E-state index in [1.165, 1.54) is 5.39 Å². The van der Waals surface area contributed by atoms with Crippen molar-refractivity contribution in [3.8, 4) is 5.75 Å². The summed E-state index contributed by atoms with van der Waals surface area (Å²) < 4.78 is 5.35. The van der Waals surface area contributed by atoms with Gasteiger partial charge in [0.1, 0.15) is 12.0 Å². The third-order valence-corrected chi connectivity index (χ3v) is 4.32. The summed E-state index contributed by atoms with van der Waals surface area (Å²) in [6, 6.07) is 15.8. The molecule has 0 saturated carbocycles. The highest BCUT2D eigenvalue weighted by Crippen LogP contribution is 2.30. The second-order valence-corrected chi connectivity index (χ2v) is 5.72. The number of thioether (sulfide) groups is 1. The van der Waals surface area contributed by atoms with Crippen LogP contribution < -0.4 is 4.74 Å². The molecular weight excluding hydrogens is 282 g/mol. The summed E-state index contributed by atoms with van der Waals surface area (Å²) in [5.41, 5.74) is 2.82. The molecule has 1 N–H and O–H groups in total. The number of ether oxygens (including phenoxy) is 1. The predicted octanol–water partition coefficient (Wildman–Crippen LogP) is 4.28. The number of nitrogens with one attached hydrogen (secondary N) is 1. The number of aromatic nitrogens is 1. The molecule has 0 amide bonds. The Balaban J connectivity index is 1.82. The van der Waals surface area contributed by atoms with Crippen LogP contribution in [0.1, 0.15) is 15.9 Å². The average molecular weight is 297 g/mol. The van der Waals surface area contributed by atoms with Gasteiger partial charge in [-0.3, -0.25) is 4.79 Å². The van der Waals surface area contributed by atoms with Gasteiger partial charge in [-0.25, -0.2) is 0 Å². The Hall–Kier alpha value is -2.20. The van der Waals surface area contributed by atoms with Crippen LogP contribution in [0.25, 0.3) is 10.9 Å². The molecule has 3 aromatic rings. The first-order chi connectivity index (χ1) is 10.3. The van der Waals surface area contributed by atoms with Crippen molar-refractivity contribution in [2.75, 3.05) is 7.11 Å². The third-order valence-electron chi connectivity index (χ3n) is 3.33. The summed E-state index contributed by atoms with van der Waals surface area (Å²) in [5.74, 6) is 1.56. The summed E-state index contributed by atoms with van der Waals surface area (Å²) >= 11 is 1.70. The molecular formula is C17H15NO2S. The van der Waals surface area contributed by atoms with Gasteiger partial charge >= 0.3 is 0 Å². The zero-order valence-corrected chi connectivity index (χ0v) is 12.4. The highest BCUT2D eigenvalue weighted by molar-refractivity contribution is 7.98. The molecule has 0 unspecified atom stereocenters. The van der Waals surface area contributed by atoms with Gasteiger partial charge in [0.2, 0.25) is 0 Å². The summed E-state index contributed by atoms with van der Waals surface area (Å²) in [5, 5.41) is 2.31. The van der Waals surface area contributed by atoms with Crippen molar-refractivity contribution >= 4 is 29.0 Å². The predicted molar refractivity (Wildman–Crippen MR) is 86.2 cm³/mol. The lowest BCUT2D eigenvalue weighted by Crippen LogP contribution is -1.92. The fourth-order valence-electron chi connectivity index (χ4n) is 2.26. The van der Waals surface area contributed by atoms with E-state index in [0.29, 0.717) is 5.56 Å². The van der Waals surface area contributed by atoms with Gasteiger partial charge in [-0.2, -0.15) is 0 Å². The first-order valence-corrected chi connectivity index (χ1v) is 7.61. The van der Waals surface area contributed by atoms with Gasteiger partial charge in [-0.1, -0.05) is 18.2 Å². The number of fused-ring (bicyclic) bond motifs is 1. The number of para-hydroxylation sites is 1. The van der Waals surface area contributed by atoms with Gasteiger partial charge in [0.15, 0.2) is 0 Å². The number of carbonyl (C=O) groups is 1. The van der Waals surface area contributed by atoms with Gasteiger partial charge in [0.05, 0.1) is 12.1 Å². The first-order valence-electron chi connectivity index (χ1n) is 6.63. The molecule has 2 aromatic carbocycles. The number of rotatable bonds is 5.